The first-order valence-electron chi connectivity index (χ1n) is 10.1. The number of hydrogen-bond acceptors (Lipinski definition) is 3. The minimum Gasteiger partial charge on any atom is -0.497 e. The quantitative estimate of drug-likeness (QED) is 0.803. The Kier molecular flexibility index (Phi) is 4.85. The second-order valence-corrected chi connectivity index (χ2v) is 8.87. The minimum atomic E-state index is 0.0817. The van der Waals surface area contributed by atoms with Gasteiger partial charge in [-0.2, -0.15) is 0 Å². The third-order valence-corrected chi connectivity index (χ3v) is 6.99. The van der Waals surface area contributed by atoms with Crippen LogP contribution in [0.3, 0.4) is 0 Å². The van der Waals surface area contributed by atoms with E-state index in [-0.39, 0.29) is 5.91 Å². The summed E-state index contributed by atoms with van der Waals surface area (Å²) in [4.78, 5) is 12.4. The van der Waals surface area contributed by atoms with Crippen LogP contribution in [0.4, 0.5) is 0 Å². The molecule has 1 aromatic carbocycles. The van der Waals surface area contributed by atoms with Crippen molar-refractivity contribution in [2.75, 3.05) is 20.8 Å². The number of nitrogens with one attached hydrogen (secondary N) is 1. The highest BCUT2D eigenvalue weighted by Gasteiger charge is 2.50. The van der Waals surface area contributed by atoms with Gasteiger partial charge in [0.1, 0.15) is 11.5 Å². The molecule has 1 aromatic rings. The molecule has 26 heavy (non-hydrogen) atoms. The van der Waals surface area contributed by atoms with Gasteiger partial charge in [0.2, 0.25) is 5.91 Å². The zero-order valence-electron chi connectivity index (χ0n) is 16.1. The molecule has 4 heteroatoms. The van der Waals surface area contributed by atoms with E-state index in [1.807, 2.05) is 18.2 Å². The van der Waals surface area contributed by atoms with Gasteiger partial charge in [0, 0.05) is 18.2 Å². The highest BCUT2D eigenvalue weighted by atomic mass is 16.5. The second-order valence-electron chi connectivity index (χ2n) is 8.87. The first kappa shape index (κ1) is 17.7. The number of rotatable bonds is 7. The number of benzene rings is 1. The summed E-state index contributed by atoms with van der Waals surface area (Å²) in [5.41, 5.74) is 1.43. The first-order chi connectivity index (χ1) is 12.6. The maximum atomic E-state index is 12.4. The molecule has 4 fully saturated rings. The van der Waals surface area contributed by atoms with Gasteiger partial charge < -0.3 is 14.8 Å². The smallest absolute Gasteiger partial charge is 0.224 e. The van der Waals surface area contributed by atoms with E-state index in [2.05, 4.69) is 5.32 Å². The zero-order valence-corrected chi connectivity index (χ0v) is 16.1. The molecule has 1 amide bonds. The van der Waals surface area contributed by atoms with Crippen LogP contribution >= 0.6 is 0 Å². The van der Waals surface area contributed by atoms with Crippen LogP contribution in [0.15, 0.2) is 18.2 Å². The summed E-state index contributed by atoms with van der Waals surface area (Å²) in [6, 6.07) is 5.62. The normalized spacial score (nSPS) is 31.7. The van der Waals surface area contributed by atoms with E-state index in [9.17, 15) is 4.79 Å². The second kappa shape index (κ2) is 7.13. The Morgan fingerprint density at radius 1 is 1.08 bits per heavy atom. The van der Waals surface area contributed by atoms with Crippen molar-refractivity contribution in [1.29, 1.82) is 0 Å². The van der Waals surface area contributed by atoms with Gasteiger partial charge in [-0.25, -0.2) is 0 Å². The topological polar surface area (TPSA) is 47.6 Å². The van der Waals surface area contributed by atoms with Crippen molar-refractivity contribution in [3.05, 3.63) is 23.8 Å². The molecule has 0 spiro atoms. The Balaban J connectivity index is 1.30. The number of carbonyl (C=O) groups is 1. The van der Waals surface area contributed by atoms with E-state index < -0.39 is 0 Å². The summed E-state index contributed by atoms with van der Waals surface area (Å²) in [6.45, 7) is 0.809. The number of amides is 1. The molecule has 0 radical (unpaired) electrons. The van der Waals surface area contributed by atoms with Crippen LogP contribution in [0, 0.1) is 23.2 Å². The molecular weight excluding hydrogens is 326 g/mol. The minimum absolute atomic E-state index is 0.0817. The molecule has 142 valence electrons. The summed E-state index contributed by atoms with van der Waals surface area (Å²) in [6.07, 6.45) is 10.1. The molecule has 0 heterocycles. The number of methoxy groups -OCH3 is 2. The number of carbonyl (C=O) groups excluding carboxylic acids is 1. The van der Waals surface area contributed by atoms with Crippen molar-refractivity contribution in [3.8, 4) is 11.5 Å². The molecule has 4 aliphatic carbocycles. The third-order valence-electron chi connectivity index (χ3n) is 6.99. The lowest BCUT2D eigenvalue weighted by atomic mass is 9.49. The van der Waals surface area contributed by atoms with Crippen molar-refractivity contribution >= 4 is 5.91 Å². The fourth-order valence-corrected chi connectivity index (χ4v) is 6.30. The molecule has 1 N–H and O–H groups in total. The molecule has 0 unspecified atom stereocenters. The summed E-state index contributed by atoms with van der Waals surface area (Å²) in [7, 11) is 3.26. The summed E-state index contributed by atoms with van der Waals surface area (Å²) < 4.78 is 10.6. The Hall–Kier alpha value is -1.71. The number of hydrogen-bond donors (Lipinski definition) is 1. The maximum absolute atomic E-state index is 12.4. The first-order valence-corrected chi connectivity index (χ1v) is 10.1. The van der Waals surface area contributed by atoms with Crippen LogP contribution in [0.2, 0.25) is 0 Å². The lowest BCUT2D eigenvalue weighted by Crippen LogP contribution is -2.47. The van der Waals surface area contributed by atoms with E-state index in [4.69, 9.17) is 9.47 Å². The molecule has 4 aliphatic rings. The fourth-order valence-electron chi connectivity index (χ4n) is 6.30. The van der Waals surface area contributed by atoms with Crippen LogP contribution in [-0.4, -0.2) is 26.7 Å². The van der Waals surface area contributed by atoms with E-state index in [1.54, 1.807) is 14.2 Å². The molecule has 0 atom stereocenters. The molecule has 4 bridgehead atoms. The highest BCUT2D eigenvalue weighted by Crippen LogP contribution is 2.61. The predicted molar refractivity (Wildman–Crippen MR) is 101 cm³/mol. The molecule has 0 aliphatic heterocycles. The van der Waals surface area contributed by atoms with Gasteiger partial charge in [0.15, 0.2) is 0 Å². The SMILES string of the molecule is COc1ccc(CC(=O)NCCC23CC4CC(CC(C4)C2)C3)c(OC)c1. The van der Waals surface area contributed by atoms with E-state index in [0.29, 0.717) is 17.6 Å². The fraction of sp³-hybridized carbons (Fsp3) is 0.682. The van der Waals surface area contributed by atoms with Crippen molar-refractivity contribution < 1.29 is 14.3 Å². The van der Waals surface area contributed by atoms with Gasteiger partial charge in [-0.3, -0.25) is 4.79 Å². The van der Waals surface area contributed by atoms with Gasteiger partial charge in [-0.1, -0.05) is 6.07 Å². The molecule has 5 rings (SSSR count). The van der Waals surface area contributed by atoms with E-state index >= 15 is 0 Å². The van der Waals surface area contributed by atoms with Crippen molar-refractivity contribution in [2.45, 2.75) is 51.4 Å². The lowest BCUT2D eigenvalue weighted by Gasteiger charge is -2.57. The third kappa shape index (κ3) is 3.56. The monoisotopic (exact) mass is 357 g/mol. The maximum Gasteiger partial charge on any atom is 0.224 e. The Morgan fingerprint density at radius 2 is 1.73 bits per heavy atom. The largest absolute Gasteiger partial charge is 0.497 e. The summed E-state index contributed by atoms with van der Waals surface area (Å²) in [5, 5.41) is 3.16. The zero-order chi connectivity index (χ0) is 18.1. The van der Waals surface area contributed by atoms with Crippen LogP contribution in [-0.2, 0) is 11.2 Å². The van der Waals surface area contributed by atoms with Crippen molar-refractivity contribution in [1.82, 2.24) is 5.32 Å². The van der Waals surface area contributed by atoms with Gasteiger partial charge >= 0.3 is 0 Å². The Labute approximate surface area is 156 Å². The molecule has 0 aromatic heterocycles. The summed E-state index contributed by atoms with van der Waals surface area (Å²) in [5.74, 6) is 4.45. The molecule has 0 saturated heterocycles. The molecule has 4 saturated carbocycles. The predicted octanol–water partition coefficient (Wildman–Crippen LogP) is 3.97. The Morgan fingerprint density at radius 3 is 2.31 bits per heavy atom. The van der Waals surface area contributed by atoms with Crippen LogP contribution in [0.25, 0.3) is 0 Å². The van der Waals surface area contributed by atoms with Gasteiger partial charge in [0.05, 0.1) is 20.6 Å². The summed E-state index contributed by atoms with van der Waals surface area (Å²) >= 11 is 0. The van der Waals surface area contributed by atoms with Crippen LogP contribution < -0.4 is 14.8 Å². The van der Waals surface area contributed by atoms with Crippen molar-refractivity contribution in [2.24, 2.45) is 23.2 Å². The molecule has 4 nitrogen and oxygen atoms in total. The van der Waals surface area contributed by atoms with Crippen molar-refractivity contribution in [3.63, 3.8) is 0 Å². The average Bonchev–Trinajstić information content (AvgIpc) is 2.60. The molecular formula is C22H31NO3. The van der Waals surface area contributed by atoms with E-state index in [0.717, 1.165) is 42.0 Å². The highest BCUT2D eigenvalue weighted by molar-refractivity contribution is 5.79. The average molecular weight is 357 g/mol. The van der Waals surface area contributed by atoms with Crippen LogP contribution in [0.5, 0.6) is 11.5 Å². The van der Waals surface area contributed by atoms with Gasteiger partial charge in [0.25, 0.3) is 0 Å². The lowest BCUT2D eigenvalue weighted by molar-refractivity contribution is -0.120. The van der Waals surface area contributed by atoms with Gasteiger partial charge in [-0.15, -0.1) is 0 Å². The number of ether oxygens (including phenoxy) is 2. The standard InChI is InChI=1S/C22H31NO3/c1-25-19-4-3-18(20(11-19)26-2)10-21(24)23-6-5-22-12-15-7-16(13-22)9-17(8-15)14-22/h3-4,11,15-17H,5-10,12-14H2,1-2H3,(H,23,24). The van der Waals surface area contributed by atoms with Crippen LogP contribution in [0.1, 0.15) is 50.5 Å². The van der Waals surface area contributed by atoms with Gasteiger partial charge in [-0.05, 0) is 74.2 Å². The van der Waals surface area contributed by atoms with E-state index in [1.165, 1.54) is 38.5 Å². The Bertz CT molecular complexity index is 634.